The number of aliphatic hydroxyl groups is 1. The quantitative estimate of drug-likeness (QED) is 0.497. The number of hydrogen-bond donors (Lipinski definition) is 3. The van der Waals surface area contributed by atoms with Gasteiger partial charge < -0.3 is 10.8 Å². The van der Waals surface area contributed by atoms with Crippen LogP contribution in [0, 0.1) is 0 Å². The van der Waals surface area contributed by atoms with Crippen molar-refractivity contribution in [3.8, 4) is 0 Å². The minimum absolute atomic E-state index is 0.00552. The maximum atomic E-state index is 10.9. The van der Waals surface area contributed by atoms with Crippen LogP contribution in [0.15, 0.2) is 0 Å². The van der Waals surface area contributed by atoms with Gasteiger partial charge in [-0.1, -0.05) is 0 Å². The fourth-order valence-electron chi connectivity index (χ4n) is 1.49. The highest BCUT2D eigenvalue weighted by Crippen LogP contribution is 2.17. The summed E-state index contributed by atoms with van der Waals surface area (Å²) in [5, 5.41) is 9.48. The molecule has 0 amide bonds. The van der Waals surface area contributed by atoms with Gasteiger partial charge in [-0.15, -0.1) is 0 Å². The van der Waals surface area contributed by atoms with E-state index in [1.807, 2.05) is 6.92 Å². The van der Waals surface area contributed by atoms with E-state index < -0.39 is 17.4 Å². The Bertz CT molecular complexity index is 202. The first-order valence-electron chi connectivity index (χ1n) is 4.33. The third-order valence-corrected chi connectivity index (χ3v) is 3.38. The van der Waals surface area contributed by atoms with E-state index in [1.54, 1.807) is 0 Å². The highest BCUT2D eigenvalue weighted by molar-refractivity contribution is 7.76. The van der Waals surface area contributed by atoms with Crippen molar-refractivity contribution < 1.29 is 13.9 Å². The SMILES string of the molecule is C[C@@H]1CC[C@H](N)[C@@H](O)CN1S(=O)O. The maximum absolute atomic E-state index is 10.9. The minimum Gasteiger partial charge on any atom is -0.390 e. The van der Waals surface area contributed by atoms with Crippen LogP contribution in [0.4, 0.5) is 0 Å². The number of nitrogens with zero attached hydrogens (tertiary/aromatic N) is 1. The van der Waals surface area contributed by atoms with E-state index in [0.717, 1.165) is 6.42 Å². The van der Waals surface area contributed by atoms with Crippen molar-refractivity contribution in [3.05, 3.63) is 0 Å². The first-order valence-corrected chi connectivity index (χ1v) is 5.40. The molecule has 0 aromatic rings. The zero-order chi connectivity index (χ0) is 10.0. The molecule has 4 atom stereocenters. The normalized spacial score (nSPS) is 39.8. The summed E-state index contributed by atoms with van der Waals surface area (Å²) >= 11 is -2.01. The molecule has 1 heterocycles. The van der Waals surface area contributed by atoms with Gasteiger partial charge in [0.25, 0.3) is 0 Å². The van der Waals surface area contributed by atoms with E-state index in [-0.39, 0.29) is 18.6 Å². The molecule has 1 rings (SSSR count). The molecule has 0 aromatic carbocycles. The molecule has 0 bridgehead atoms. The average Bonchev–Trinajstić information content (AvgIpc) is 2.18. The Morgan fingerprint density at radius 1 is 1.54 bits per heavy atom. The third-order valence-electron chi connectivity index (χ3n) is 2.47. The van der Waals surface area contributed by atoms with Crippen LogP contribution in [0.1, 0.15) is 19.8 Å². The van der Waals surface area contributed by atoms with Crippen LogP contribution >= 0.6 is 0 Å². The Morgan fingerprint density at radius 3 is 2.69 bits per heavy atom. The van der Waals surface area contributed by atoms with Crippen LogP contribution in [0.25, 0.3) is 0 Å². The Kier molecular flexibility index (Phi) is 3.81. The Morgan fingerprint density at radius 2 is 2.15 bits per heavy atom. The minimum atomic E-state index is -2.01. The molecule has 1 saturated heterocycles. The van der Waals surface area contributed by atoms with Gasteiger partial charge in [0.1, 0.15) is 0 Å². The van der Waals surface area contributed by atoms with E-state index in [0.29, 0.717) is 6.42 Å². The molecular formula is C7H16N2O3S. The van der Waals surface area contributed by atoms with E-state index in [9.17, 15) is 9.32 Å². The molecule has 78 valence electrons. The van der Waals surface area contributed by atoms with Gasteiger partial charge >= 0.3 is 0 Å². The van der Waals surface area contributed by atoms with Crippen LogP contribution in [-0.4, -0.2) is 42.9 Å². The van der Waals surface area contributed by atoms with Crippen LogP contribution in [0.5, 0.6) is 0 Å². The molecule has 5 nitrogen and oxygen atoms in total. The van der Waals surface area contributed by atoms with Crippen LogP contribution < -0.4 is 5.73 Å². The zero-order valence-corrected chi connectivity index (χ0v) is 8.41. The Labute approximate surface area is 80.3 Å². The van der Waals surface area contributed by atoms with Crippen molar-refractivity contribution >= 4 is 11.3 Å². The lowest BCUT2D eigenvalue weighted by Crippen LogP contribution is -2.42. The van der Waals surface area contributed by atoms with Crippen molar-refractivity contribution in [1.82, 2.24) is 4.31 Å². The summed E-state index contributed by atoms with van der Waals surface area (Å²) in [5.74, 6) is 0. The fourth-order valence-corrected chi connectivity index (χ4v) is 2.18. The second-order valence-electron chi connectivity index (χ2n) is 3.49. The first-order chi connectivity index (χ1) is 6.02. The van der Waals surface area contributed by atoms with E-state index in [2.05, 4.69) is 0 Å². The van der Waals surface area contributed by atoms with Crippen molar-refractivity contribution in [2.75, 3.05) is 6.54 Å². The predicted octanol–water partition coefficient (Wildman–Crippen LogP) is -0.704. The largest absolute Gasteiger partial charge is 0.390 e. The molecule has 1 aliphatic rings. The van der Waals surface area contributed by atoms with Gasteiger partial charge in [0.05, 0.1) is 6.10 Å². The van der Waals surface area contributed by atoms with Crippen LogP contribution in [0.2, 0.25) is 0 Å². The summed E-state index contributed by atoms with van der Waals surface area (Å²) in [6.07, 6.45) is 0.724. The monoisotopic (exact) mass is 208 g/mol. The Balaban J connectivity index is 2.68. The molecule has 1 aliphatic heterocycles. The number of rotatable bonds is 1. The summed E-state index contributed by atoms with van der Waals surface area (Å²) in [7, 11) is 0. The van der Waals surface area contributed by atoms with Crippen molar-refractivity contribution in [2.24, 2.45) is 5.73 Å². The molecule has 0 radical (unpaired) electrons. The highest BCUT2D eigenvalue weighted by atomic mass is 32.2. The summed E-state index contributed by atoms with van der Waals surface area (Å²) in [6, 6.07) is -0.287. The standard InChI is InChI=1S/C7H16N2O3S/c1-5-2-3-6(8)7(10)4-9(5)13(11)12/h5-7,10H,2-4,8H2,1H3,(H,11,12)/t5-,6+,7+/m1/s1. The molecule has 0 aromatic heterocycles. The van der Waals surface area contributed by atoms with Gasteiger partial charge in [-0.2, -0.15) is 4.31 Å². The maximum Gasteiger partial charge on any atom is 0.234 e. The molecule has 1 unspecified atom stereocenters. The van der Waals surface area contributed by atoms with Gasteiger partial charge in [0.15, 0.2) is 0 Å². The zero-order valence-electron chi connectivity index (χ0n) is 7.59. The van der Waals surface area contributed by atoms with Gasteiger partial charge in [0, 0.05) is 18.6 Å². The molecule has 0 aliphatic carbocycles. The summed E-state index contributed by atoms with van der Waals surface area (Å²) < 4.78 is 21.1. The summed E-state index contributed by atoms with van der Waals surface area (Å²) in [4.78, 5) is 0. The lowest BCUT2D eigenvalue weighted by Gasteiger charge is -2.23. The topological polar surface area (TPSA) is 86.8 Å². The number of hydrogen-bond acceptors (Lipinski definition) is 3. The average molecular weight is 208 g/mol. The first kappa shape index (κ1) is 11.1. The van der Waals surface area contributed by atoms with Crippen LogP contribution in [0.3, 0.4) is 0 Å². The lowest BCUT2D eigenvalue weighted by atomic mass is 10.1. The predicted molar refractivity (Wildman–Crippen MR) is 50.2 cm³/mol. The fraction of sp³-hybridized carbons (Fsp3) is 1.00. The number of β-amino-alcohol motifs (C(OH)–C–C–N with tert-alkyl or cyclic N) is 1. The number of aliphatic hydroxyl groups excluding tert-OH is 1. The van der Waals surface area contributed by atoms with Gasteiger partial charge in [-0.25, -0.2) is 4.21 Å². The van der Waals surface area contributed by atoms with Crippen molar-refractivity contribution in [1.29, 1.82) is 0 Å². The molecule has 6 heteroatoms. The smallest absolute Gasteiger partial charge is 0.234 e. The third kappa shape index (κ3) is 2.72. The van der Waals surface area contributed by atoms with Gasteiger partial charge in [-0.3, -0.25) is 4.55 Å². The van der Waals surface area contributed by atoms with Crippen LogP contribution in [-0.2, 0) is 11.3 Å². The second-order valence-corrected chi connectivity index (χ2v) is 4.42. The Hall–Kier alpha value is -0.0100. The highest BCUT2D eigenvalue weighted by Gasteiger charge is 2.29. The lowest BCUT2D eigenvalue weighted by molar-refractivity contribution is 0.125. The van der Waals surface area contributed by atoms with Gasteiger partial charge in [0.2, 0.25) is 11.3 Å². The van der Waals surface area contributed by atoms with Gasteiger partial charge in [-0.05, 0) is 19.8 Å². The van der Waals surface area contributed by atoms with E-state index in [1.165, 1.54) is 4.31 Å². The summed E-state index contributed by atoms with van der Waals surface area (Å²) in [5.41, 5.74) is 5.65. The van der Waals surface area contributed by atoms with E-state index in [4.69, 9.17) is 10.3 Å². The number of nitrogens with two attached hydrogens (primary N) is 1. The molecule has 4 N–H and O–H groups in total. The molecule has 13 heavy (non-hydrogen) atoms. The molecule has 0 saturated carbocycles. The second kappa shape index (κ2) is 4.47. The van der Waals surface area contributed by atoms with Crippen molar-refractivity contribution in [2.45, 2.75) is 38.0 Å². The summed E-state index contributed by atoms with van der Waals surface area (Å²) in [6.45, 7) is 2.03. The van der Waals surface area contributed by atoms with Crippen molar-refractivity contribution in [3.63, 3.8) is 0 Å². The molecular weight excluding hydrogens is 192 g/mol. The molecule has 0 spiro atoms. The van der Waals surface area contributed by atoms with E-state index >= 15 is 0 Å². The molecule has 1 fully saturated rings.